The number of halogens is 1. The first-order valence-electron chi connectivity index (χ1n) is 7.25. The molecule has 0 atom stereocenters. The number of rotatable bonds is 6. The van der Waals surface area contributed by atoms with E-state index in [1.807, 2.05) is 0 Å². The first-order valence-corrected chi connectivity index (χ1v) is 8.24. The fourth-order valence-electron chi connectivity index (χ4n) is 1.98. The lowest BCUT2D eigenvalue weighted by molar-refractivity contribution is -0.137. The summed E-state index contributed by atoms with van der Waals surface area (Å²) >= 11 is 1.22. The van der Waals surface area contributed by atoms with E-state index < -0.39 is 17.8 Å². The Morgan fingerprint density at radius 1 is 1.38 bits per heavy atom. The molecule has 1 aromatic rings. The molecule has 2 rings (SSSR count). The summed E-state index contributed by atoms with van der Waals surface area (Å²) in [5.41, 5.74) is 0.0967. The van der Waals surface area contributed by atoms with Crippen LogP contribution in [0.25, 0.3) is 0 Å². The summed E-state index contributed by atoms with van der Waals surface area (Å²) < 4.78 is 22.9. The number of hydrogen-bond acceptors (Lipinski definition) is 6. The molecule has 24 heavy (non-hydrogen) atoms. The molecule has 128 valence electrons. The van der Waals surface area contributed by atoms with Crippen molar-refractivity contribution >= 4 is 29.6 Å². The second-order valence-corrected chi connectivity index (χ2v) is 5.71. The monoisotopic (exact) mass is 353 g/mol. The molecule has 0 aromatic heterocycles. The molecule has 0 aliphatic carbocycles. The van der Waals surface area contributed by atoms with Crippen LogP contribution in [-0.2, 0) is 19.1 Å². The van der Waals surface area contributed by atoms with Crippen LogP contribution < -0.4 is 0 Å². The van der Waals surface area contributed by atoms with Gasteiger partial charge in [-0.2, -0.15) is 0 Å². The van der Waals surface area contributed by atoms with Gasteiger partial charge in [-0.3, -0.25) is 4.79 Å². The molecule has 0 unspecified atom stereocenters. The van der Waals surface area contributed by atoms with E-state index in [1.165, 1.54) is 40.9 Å². The average molecular weight is 353 g/mol. The summed E-state index contributed by atoms with van der Waals surface area (Å²) in [4.78, 5) is 36.5. The van der Waals surface area contributed by atoms with Gasteiger partial charge in [-0.25, -0.2) is 14.0 Å². The molecular formula is C16H16FNO5S. The summed E-state index contributed by atoms with van der Waals surface area (Å²) in [6.45, 7) is 1.97. The zero-order chi connectivity index (χ0) is 17.5. The highest BCUT2D eigenvalue weighted by molar-refractivity contribution is 8.04. The lowest BCUT2D eigenvalue weighted by atomic mass is 10.2. The van der Waals surface area contributed by atoms with Crippen LogP contribution in [-0.4, -0.2) is 48.3 Å². The SMILES string of the molecule is CCOC(=O)/C=C1\SCC(=O)N1CCOC(=O)c1cccc(F)c1. The third kappa shape index (κ3) is 4.82. The molecule has 1 fully saturated rings. The van der Waals surface area contributed by atoms with Gasteiger partial charge in [-0.05, 0) is 25.1 Å². The summed E-state index contributed by atoms with van der Waals surface area (Å²) in [7, 11) is 0. The third-order valence-corrected chi connectivity index (χ3v) is 4.07. The Hall–Kier alpha value is -2.35. The Labute approximate surface area is 142 Å². The van der Waals surface area contributed by atoms with Crippen molar-refractivity contribution in [3.05, 3.63) is 46.8 Å². The number of hydrogen-bond donors (Lipinski definition) is 0. The average Bonchev–Trinajstić information content (AvgIpc) is 2.88. The van der Waals surface area contributed by atoms with Gasteiger partial charge in [0.2, 0.25) is 5.91 Å². The minimum atomic E-state index is -0.676. The molecule has 1 saturated heterocycles. The van der Waals surface area contributed by atoms with Crippen molar-refractivity contribution in [1.82, 2.24) is 4.90 Å². The summed E-state index contributed by atoms with van der Waals surface area (Å²) in [6, 6.07) is 5.15. The molecule has 1 aromatic carbocycles. The molecule has 1 amide bonds. The number of amides is 1. The third-order valence-electron chi connectivity index (χ3n) is 3.05. The van der Waals surface area contributed by atoms with Crippen LogP contribution in [0.1, 0.15) is 17.3 Å². The normalized spacial score (nSPS) is 15.7. The topological polar surface area (TPSA) is 72.9 Å². The Kier molecular flexibility index (Phi) is 6.36. The van der Waals surface area contributed by atoms with Crippen LogP contribution in [0.15, 0.2) is 35.4 Å². The van der Waals surface area contributed by atoms with Crippen molar-refractivity contribution in [2.24, 2.45) is 0 Å². The standard InChI is InChI=1S/C16H16FNO5S/c1-2-22-15(20)9-14-18(13(19)10-24-14)6-7-23-16(21)11-4-3-5-12(17)8-11/h3-5,8-9H,2,6-7,10H2,1H3/b14-9-. The van der Waals surface area contributed by atoms with Gasteiger partial charge in [0.25, 0.3) is 0 Å². The van der Waals surface area contributed by atoms with Crippen molar-refractivity contribution < 1.29 is 28.2 Å². The van der Waals surface area contributed by atoms with E-state index in [9.17, 15) is 18.8 Å². The van der Waals surface area contributed by atoms with Crippen molar-refractivity contribution in [1.29, 1.82) is 0 Å². The predicted octanol–water partition coefficient (Wildman–Crippen LogP) is 1.96. The van der Waals surface area contributed by atoms with E-state index in [4.69, 9.17) is 9.47 Å². The second kappa shape index (κ2) is 8.49. The number of esters is 2. The summed E-state index contributed by atoms with van der Waals surface area (Å²) in [6.07, 6.45) is 1.24. The predicted molar refractivity (Wildman–Crippen MR) is 85.6 cm³/mol. The fourth-order valence-corrected chi connectivity index (χ4v) is 2.94. The smallest absolute Gasteiger partial charge is 0.338 e. The van der Waals surface area contributed by atoms with Gasteiger partial charge in [0.1, 0.15) is 12.4 Å². The van der Waals surface area contributed by atoms with Crippen LogP contribution in [0.2, 0.25) is 0 Å². The van der Waals surface area contributed by atoms with E-state index in [1.54, 1.807) is 6.92 Å². The van der Waals surface area contributed by atoms with Crippen molar-refractivity contribution in [2.75, 3.05) is 25.5 Å². The number of carbonyl (C=O) groups is 3. The van der Waals surface area contributed by atoms with Gasteiger partial charge >= 0.3 is 11.9 Å². The Morgan fingerprint density at radius 2 is 2.17 bits per heavy atom. The number of thioether (sulfide) groups is 1. The molecule has 0 saturated carbocycles. The lowest BCUT2D eigenvalue weighted by Crippen LogP contribution is -2.29. The maximum absolute atomic E-state index is 13.1. The van der Waals surface area contributed by atoms with Gasteiger partial charge < -0.3 is 14.4 Å². The van der Waals surface area contributed by atoms with Crippen LogP contribution in [0.3, 0.4) is 0 Å². The van der Waals surface area contributed by atoms with E-state index in [0.717, 1.165) is 6.07 Å². The van der Waals surface area contributed by atoms with E-state index in [-0.39, 0.29) is 37.0 Å². The minimum Gasteiger partial charge on any atom is -0.463 e. The molecule has 1 aliphatic rings. The number of nitrogens with zero attached hydrogens (tertiary/aromatic N) is 1. The zero-order valence-corrected chi connectivity index (χ0v) is 13.8. The largest absolute Gasteiger partial charge is 0.463 e. The Morgan fingerprint density at radius 3 is 2.88 bits per heavy atom. The molecule has 1 aliphatic heterocycles. The molecular weight excluding hydrogens is 337 g/mol. The molecule has 8 heteroatoms. The van der Waals surface area contributed by atoms with E-state index in [0.29, 0.717) is 5.03 Å². The highest BCUT2D eigenvalue weighted by Gasteiger charge is 2.27. The quantitative estimate of drug-likeness (QED) is 0.575. The van der Waals surface area contributed by atoms with Crippen LogP contribution in [0.5, 0.6) is 0 Å². The first kappa shape index (κ1) is 18.0. The number of benzene rings is 1. The lowest BCUT2D eigenvalue weighted by Gasteiger charge is -2.16. The zero-order valence-electron chi connectivity index (χ0n) is 13.0. The van der Waals surface area contributed by atoms with Gasteiger partial charge in [0.15, 0.2) is 0 Å². The molecule has 0 spiro atoms. The Balaban J connectivity index is 1.91. The van der Waals surface area contributed by atoms with Crippen LogP contribution >= 0.6 is 11.8 Å². The van der Waals surface area contributed by atoms with Crippen LogP contribution in [0.4, 0.5) is 4.39 Å². The van der Waals surface area contributed by atoms with Crippen molar-refractivity contribution in [3.8, 4) is 0 Å². The number of carbonyl (C=O) groups excluding carboxylic acids is 3. The second-order valence-electron chi connectivity index (χ2n) is 4.71. The Bertz CT molecular complexity index is 676. The maximum Gasteiger partial charge on any atom is 0.338 e. The van der Waals surface area contributed by atoms with Gasteiger partial charge in [-0.15, -0.1) is 0 Å². The summed E-state index contributed by atoms with van der Waals surface area (Å²) in [5.74, 6) is -1.71. The number of ether oxygens (including phenoxy) is 2. The maximum atomic E-state index is 13.1. The molecule has 6 nitrogen and oxygen atoms in total. The molecule has 1 heterocycles. The highest BCUT2D eigenvalue weighted by Crippen LogP contribution is 2.28. The minimum absolute atomic E-state index is 0.0676. The van der Waals surface area contributed by atoms with Gasteiger partial charge in [0.05, 0.1) is 35.6 Å². The summed E-state index contributed by atoms with van der Waals surface area (Å²) in [5, 5.41) is 0.459. The molecule has 0 bridgehead atoms. The molecule has 0 radical (unpaired) electrons. The molecule has 0 N–H and O–H groups in total. The van der Waals surface area contributed by atoms with Gasteiger partial charge in [-0.1, -0.05) is 17.8 Å². The van der Waals surface area contributed by atoms with E-state index in [2.05, 4.69) is 0 Å². The van der Waals surface area contributed by atoms with E-state index >= 15 is 0 Å². The van der Waals surface area contributed by atoms with Crippen molar-refractivity contribution in [3.63, 3.8) is 0 Å². The highest BCUT2D eigenvalue weighted by atomic mass is 32.2. The van der Waals surface area contributed by atoms with Gasteiger partial charge in [0, 0.05) is 0 Å². The van der Waals surface area contributed by atoms with Crippen LogP contribution in [0, 0.1) is 5.82 Å². The first-order chi connectivity index (χ1) is 11.5. The van der Waals surface area contributed by atoms with Crippen molar-refractivity contribution in [2.45, 2.75) is 6.92 Å². The fraction of sp³-hybridized carbons (Fsp3) is 0.312.